The summed E-state index contributed by atoms with van der Waals surface area (Å²) in [6.07, 6.45) is -4.09. The highest BCUT2D eigenvalue weighted by Gasteiger charge is 2.32. The molecule has 16 heavy (non-hydrogen) atoms. The Hall–Kier alpha value is -1.23. The smallest absolute Gasteiger partial charge is 0.370 e. The molecule has 0 spiro atoms. The van der Waals surface area contributed by atoms with Crippen LogP contribution in [0.25, 0.3) is 0 Å². The molecule has 0 unspecified atom stereocenters. The Morgan fingerprint density at radius 2 is 2.00 bits per heavy atom. The van der Waals surface area contributed by atoms with Gasteiger partial charge in [-0.25, -0.2) is 0 Å². The number of carbonyl (C=O) groups excluding carboxylic acids is 1. The van der Waals surface area contributed by atoms with E-state index in [1.807, 2.05) is 0 Å². The van der Waals surface area contributed by atoms with Crippen molar-refractivity contribution in [1.82, 2.24) is 0 Å². The van der Waals surface area contributed by atoms with Crippen molar-refractivity contribution in [3.8, 4) is 0 Å². The van der Waals surface area contributed by atoms with Gasteiger partial charge in [0, 0.05) is 6.42 Å². The van der Waals surface area contributed by atoms with Gasteiger partial charge < -0.3 is 5.73 Å². The molecule has 1 aromatic rings. The predicted octanol–water partition coefficient (Wildman–Crippen LogP) is 2.78. The third-order valence-corrected chi connectivity index (χ3v) is 2.31. The number of hydrogen-bond acceptors (Lipinski definition) is 1. The molecule has 0 fully saturated rings. The molecule has 0 aromatic heterocycles. The van der Waals surface area contributed by atoms with Crippen LogP contribution in [0.4, 0.5) is 13.2 Å². The molecule has 0 radical (unpaired) electrons. The van der Waals surface area contributed by atoms with Crippen LogP contribution in [0.15, 0.2) is 18.2 Å². The lowest BCUT2D eigenvalue weighted by Gasteiger charge is -2.09. The van der Waals surface area contributed by atoms with E-state index in [4.69, 9.17) is 17.3 Å². The van der Waals surface area contributed by atoms with Gasteiger partial charge in [-0.15, -0.1) is 0 Å². The molecule has 2 N–H and O–H groups in total. The first-order chi connectivity index (χ1) is 7.30. The lowest BCUT2D eigenvalue weighted by Crippen LogP contribution is -2.11. The maximum Gasteiger partial charge on any atom is 0.417 e. The summed E-state index contributed by atoms with van der Waals surface area (Å²) in [6, 6.07) is 3.39. The van der Waals surface area contributed by atoms with Crippen LogP contribution in [0.3, 0.4) is 0 Å². The summed E-state index contributed by atoms with van der Waals surface area (Å²) in [4.78, 5) is 10.5. The number of alkyl halides is 3. The molecule has 1 rings (SSSR count). The minimum Gasteiger partial charge on any atom is -0.370 e. The number of amides is 1. The first-order valence-electron chi connectivity index (χ1n) is 4.44. The van der Waals surface area contributed by atoms with Crippen LogP contribution in [0, 0.1) is 0 Å². The molecule has 0 saturated carbocycles. The number of rotatable bonds is 3. The van der Waals surface area contributed by atoms with E-state index in [1.54, 1.807) is 0 Å². The zero-order valence-electron chi connectivity index (χ0n) is 8.14. The third-order valence-electron chi connectivity index (χ3n) is 2.00. The second kappa shape index (κ2) is 4.74. The Morgan fingerprint density at radius 3 is 2.44 bits per heavy atom. The number of hydrogen-bond donors (Lipinski definition) is 1. The third kappa shape index (κ3) is 3.41. The molecule has 1 amide bonds. The van der Waals surface area contributed by atoms with Crippen LogP contribution in [0.1, 0.15) is 17.5 Å². The van der Waals surface area contributed by atoms with Crippen molar-refractivity contribution in [3.05, 3.63) is 34.3 Å². The standard InChI is InChI=1S/C10H9ClF3NO/c11-8-5-6(2-4-9(15)16)1-3-7(8)10(12,13)14/h1,3,5H,2,4H2,(H2,15,16). The number of carbonyl (C=O) groups is 1. The van der Waals surface area contributed by atoms with Gasteiger partial charge in [-0.3, -0.25) is 4.79 Å². The molecule has 0 aliphatic rings. The molecular formula is C10H9ClF3NO. The molecular weight excluding hydrogens is 243 g/mol. The molecule has 6 heteroatoms. The Balaban J connectivity index is 2.87. The first kappa shape index (κ1) is 12.8. The van der Waals surface area contributed by atoms with Crippen molar-refractivity contribution in [2.75, 3.05) is 0 Å². The molecule has 0 saturated heterocycles. The number of nitrogens with two attached hydrogens (primary N) is 1. The summed E-state index contributed by atoms with van der Waals surface area (Å²) >= 11 is 5.49. The largest absolute Gasteiger partial charge is 0.417 e. The average Bonchev–Trinajstić information content (AvgIpc) is 2.12. The van der Waals surface area contributed by atoms with E-state index in [2.05, 4.69) is 0 Å². The van der Waals surface area contributed by atoms with Gasteiger partial charge in [0.2, 0.25) is 5.91 Å². The lowest BCUT2D eigenvalue weighted by atomic mass is 10.1. The van der Waals surface area contributed by atoms with Gasteiger partial charge in [0.1, 0.15) is 0 Å². The Morgan fingerprint density at radius 1 is 1.38 bits per heavy atom. The molecule has 2 nitrogen and oxygen atoms in total. The Kier molecular flexibility index (Phi) is 3.80. The highest BCUT2D eigenvalue weighted by Crippen LogP contribution is 2.35. The number of aryl methyl sites for hydroxylation is 1. The topological polar surface area (TPSA) is 43.1 Å². The molecule has 0 bridgehead atoms. The van der Waals surface area contributed by atoms with Crippen molar-refractivity contribution in [2.24, 2.45) is 5.73 Å². The van der Waals surface area contributed by atoms with E-state index < -0.39 is 17.6 Å². The van der Waals surface area contributed by atoms with Gasteiger partial charge >= 0.3 is 6.18 Å². The second-order valence-corrected chi connectivity index (χ2v) is 3.69. The van der Waals surface area contributed by atoms with Crippen LogP contribution in [0.2, 0.25) is 5.02 Å². The van der Waals surface area contributed by atoms with Gasteiger partial charge in [-0.05, 0) is 24.1 Å². The highest BCUT2D eigenvalue weighted by molar-refractivity contribution is 6.31. The van der Waals surface area contributed by atoms with E-state index in [0.717, 1.165) is 6.07 Å². The zero-order chi connectivity index (χ0) is 12.3. The maximum absolute atomic E-state index is 12.3. The van der Waals surface area contributed by atoms with Gasteiger partial charge in [-0.2, -0.15) is 13.2 Å². The fourth-order valence-electron chi connectivity index (χ4n) is 1.21. The van der Waals surface area contributed by atoms with Gasteiger partial charge in [0.25, 0.3) is 0 Å². The highest BCUT2D eigenvalue weighted by atomic mass is 35.5. The molecule has 0 heterocycles. The van der Waals surface area contributed by atoms with Crippen LogP contribution < -0.4 is 5.73 Å². The van der Waals surface area contributed by atoms with Crippen LogP contribution in [0.5, 0.6) is 0 Å². The van der Waals surface area contributed by atoms with E-state index in [-0.39, 0.29) is 17.9 Å². The Labute approximate surface area is 95.2 Å². The summed E-state index contributed by atoms with van der Waals surface area (Å²) in [5, 5.41) is -0.366. The summed E-state index contributed by atoms with van der Waals surface area (Å²) in [5.41, 5.74) is 4.60. The fourth-order valence-corrected chi connectivity index (χ4v) is 1.52. The van der Waals surface area contributed by atoms with Crippen molar-refractivity contribution in [1.29, 1.82) is 0 Å². The lowest BCUT2D eigenvalue weighted by molar-refractivity contribution is -0.137. The SMILES string of the molecule is NC(=O)CCc1ccc(C(F)(F)F)c(Cl)c1. The van der Waals surface area contributed by atoms with Crippen molar-refractivity contribution in [3.63, 3.8) is 0 Å². The monoisotopic (exact) mass is 251 g/mol. The number of benzene rings is 1. The summed E-state index contributed by atoms with van der Waals surface area (Å²) in [7, 11) is 0. The molecule has 1 aromatic carbocycles. The van der Waals surface area contributed by atoms with Gasteiger partial charge in [0.05, 0.1) is 10.6 Å². The predicted molar refractivity (Wildman–Crippen MR) is 54.0 cm³/mol. The van der Waals surface area contributed by atoms with Crippen molar-refractivity contribution in [2.45, 2.75) is 19.0 Å². The maximum atomic E-state index is 12.3. The van der Waals surface area contributed by atoms with E-state index in [0.29, 0.717) is 5.56 Å². The zero-order valence-corrected chi connectivity index (χ0v) is 8.90. The second-order valence-electron chi connectivity index (χ2n) is 3.28. The first-order valence-corrected chi connectivity index (χ1v) is 4.82. The van der Waals surface area contributed by atoms with Gasteiger partial charge in [0.15, 0.2) is 0 Å². The molecule has 88 valence electrons. The summed E-state index contributed by atoms with van der Waals surface area (Å²) in [5.74, 6) is -0.504. The van der Waals surface area contributed by atoms with Crippen LogP contribution in [-0.2, 0) is 17.4 Å². The minimum absolute atomic E-state index is 0.0850. The fraction of sp³-hybridized carbons (Fsp3) is 0.300. The van der Waals surface area contributed by atoms with Crippen molar-refractivity contribution < 1.29 is 18.0 Å². The average molecular weight is 252 g/mol. The molecule has 0 aliphatic carbocycles. The van der Waals surface area contributed by atoms with Crippen molar-refractivity contribution >= 4 is 17.5 Å². The quantitative estimate of drug-likeness (QED) is 0.882. The van der Waals surface area contributed by atoms with Gasteiger partial charge in [-0.1, -0.05) is 17.7 Å². The van der Waals surface area contributed by atoms with E-state index >= 15 is 0 Å². The summed E-state index contributed by atoms with van der Waals surface area (Å²) in [6.45, 7) is 0. The minimum atomic E-state index is -4.46. The summed E-state index contributed by atoms with van der Waals surface area (Å²) < 4.78 is 37.0. The molecule has 0 aliphatic heterocycles. The number of halogens is 4. The Bertz CT molecular complexity index is 404. The van der Waals surface area contributed by atoms with E-state index in [9.17, 15) is 18.0 Å². The number of primary amides is 1. The molecule has 0 atom stereocenters. The van der Waals surface area contributed by atoms with Crippen LogP contribution >= 0.6 is 11.6 Å². The van der Waals surface area contributed by atoms with Crippen LogP contribution in [-0.4, -0.2) is 5.91 Å². The normalized spacial score (nSPS) is 11.5. The van der Waals surface area contributed by atoms with E-state index in [1.165, 1.54) is 12.1 Å².